The Balaban J connectivity index is 2.17. The van der Waals surface area contributed by atoms with Crippen LogP contribution in [-0.2, 0) is 16.4 Å². The second-order valence-corrected chi connectivity index (χ2v) is 8.97. The van der Waals surface area contributed by atoms with Gasteiger partial charge >= 0.3 is 0 Å². The van der Waals surface area contributed by atoms with Gasteiger partial charge in [0.25, 0.3) is 10.0 Å². The third kappa shape index (κ3) is 3.42. The van der Waals surface area contributed by atoms with Crippen molar-refractivity contribution in [3.63, 3.8) is 0 Å². The topological polar surface area (TPSA) is 37.4 Å². The number of aryl methyl sites for hydroxylation is 1. The minimum absolute atomic E-state index is 0.453. The van der Waals surface area contributed by atoms with Crippen LogP contribution in [0.4, 0.5) is 0 Å². The molecule has 7 heteroatoms. The first kappa shape index (κ1) is 14.7. The van der Waals surface area contributed by atoms with E-state index in [9.17, 15) is 8.42 Å². The first-order chi connectivity index (χ1) is 8.64. The minimum atomic E-state index is -3.29. The molecule has 1 aliphatic heterocycles. The average molecular weight is 326 g/mol. The summed E-state index contributed by atoms with van der Waals surface area (Å²) in [5, 5.41) is 0. The van der Waals surface area contributed by atoms with Crippen LogP contribution in [0.25, 0.3) is 0 Å². The van der Waals surface area contributed by atoms with Gasteiger partial charge in [0.2, 0.25) is 0 Å². The van der Waals surface area contributed by atoms with Gasteiger partial charge in [-0.2, -0.15) is 16.1 Å². The van der Waals surface area contributed by atoms with Gasteiger partial charge in [0.05, 0.1) is 0 Å². The Morgan fingerprint density at radius 3 is 2.89 bits per heavy atom. The largest absolute Gasteiger partial charge is 0.252 e. The molecule has 102 valence electrons. The standard InChI is InChI=1S/C11H16ClNO2S3/c12-5-4-10-2-3-11(17-10)18(14,15)13-6-1-8-16-9-7-13/h2-3H,1,4-9H2. The van der Waals surface area contributed by atoms with Crippen molar-refractivity contribution in [2.45, 2.75) is 17.1 Å². The van der Waals surface area contributed by atoms with Gasteiger partial charge in [-0.1, -0.05) is 0 Å². The molecule has 2 heterocycles. The number of rotatable bonds is 4. The van der Waals surface area contributed by atoms with Crippen LogP contribution < -0.4 is 0 Å². The normalized spacial score (nSPS) is 18.7. The number of hydrogen-bond donors (Lipinski definition) is 0. The van der Waals surface area contributed by atoms with Gasteiger partial charge in [-0.3, -0.25) is 0 Å². The van der Waals surface area contributed by atoms with Crippen molar-refractivity contribution in [2.75, 3.05) is 30.5 Å². The molecule has 0 spiro atoms. The van der Waals surface area contributed by atoms with Crippen LogP contribution in [0.15, 0.2) is 16.3 Å². The molecule has 1 fully saturated rings. The number of thioether (sulfide) groups is 1. The van der Waals surface area contributed by atoms with Crippen LogP contribution in [0.2, 0.25) is 0 Å². The molecule has 0 saturated carbocycles. The molecule has 2 rings (SSSR count). The average Bonchev–Trinajstić information content (AvgIpc) is 2.65. The van der Waals surface area contributed by atoms with E-state index in [1.54, 1.807) is 10.4 Å². The van der Waals surface area contributed by atoms with E-state index < -0.39 is 10.0 Å². The van der Waals surface area contributed by atoms with Crippen molar-refractivity contribution in [1.29, 1.82) is 0 Å². The summed E-state index contributed by atoms with van der Waals surface area (Å²) in [4.78, 5) is 1.03. The number of halogens is 1. The molecule has 0 radical (unpaired) electrons. The van der Waals surface area contributed by atoms with E-state index >= 15 is 0 Å². The zero-order chi connectivity index (χ0) is 13.0. The molecule has 1 aliphatic rings. The highest BCUT2D eigenvalue weighted by atomic mass is 35.5. The molecule has 0 atom stereocenters. The van der Waals surface area contributed by atoms with Crippen LogP contribution in [-0.4, -0.2) is 43.2 Å². The smallest absolute Gasteiger partial charge is 0.206 e. The third-order valence-electron chi connectivity index (χ3n) is 2.75. The summed E-state index contributed by atoms with van der Waals surface area (Å²) in [6, 6.07) is 3.58. The van der Waals surface area contributed by atoms with E-state index in [2.05, 4.69) is 0 Å². The van der Waals surface area contributed by atoms with E-state index in [-0.39, 0.29) is 0 Å². The third-order valence-corrected chi connectivity index (χ3v) is 7.50. The summed E-state index contributed by atoms with van der Waals surface area (Å²) in [7, 11) is -3.29. The van der Waals surface area contributed by atoms with Gasteiger partial charge < -0.3 is 0 Å². The van der Waals surface area contributed by atoms with Crippen LogP contribution in [0.1, 0.15) is 11.3 Å². The Kier molecular flexibility index (Phi) is 5.38. The molecule has 1 aromatic heterocycles. The summed E-state index contributed by atoms with van der Waals surface area (Å²) in [6.07, 6.45) is 1.67. The maximum absolute atomic E-state index is 12.5. The highest BCUT2D eigenvalue weighted by Crippen LogP contribution is 2.26. The zero-order valence-corrected chi connectivity index (χ0v) is 13.2. The van der Waals surface area contributed by atoms with Crippen molar-refractivity contribution >= 4 is 44.7 Å². The number of thiophene rings is 1. The lowest BCUT2D eigenvalue weighted by atomic mass is 10.4. The Hall–Kier alpha value is 0.250. The predicted octanol–water partition coefficient (Wildman–Crippen LogP) is 2.66. The van der Waals surface area contributed by atoms with Gasteiger partial charge in [0, 0.05) is 29.6 Å². The van der Waals surface area contributed by atoms with Crippen molar-refractivity contribution in [2.24, 2.45) is 0 Å². The highest BCUT2D eigenvalue weighted by molar-refractivity contribution is 7.99. The van der Waals surface area contributed by atoms with Gasteiger partial charge in [-0.25, -0.2) is 8.42 Å². The molecular weight excluding hydrogens is 310 g/mol. The van der Waals surface area contributed by atoms with E-state index in [1.807, 2.05) is 17.8 Å². The molecule has 0 N–H and O–H groups in total. The quantitative estimate of drug-likeness (QED) is 0.799. The molecule has 0 aliphatic carbocycles. The number of hydrogen-bond acceptors (Lipinski definition) is 4. The van der Waals surface area contributed by atoms with Crippen molar-refractivity contribution < 1.29 is 8.42 Å². The van der Waals surface area contributed by atoms with Crippen LogP contribution in [0.5, 0.6) is 0 Å². The van der Waals surface area contributed by atoms with Gasteiger partial charge in [-0.15, -0.1) is 22.9 Å². The lowest BCUT2D eigenvalue weighted by molar-refractivity contribution is 0.436. The summed E-state index contributed by atoms with van der Waals surface area (Å²) in [5.74, 6) is 2.47. The molecule has 0 bridgehead atoms. The molecule has 1 aromatic rings. The van der Waals surface area contributed by atoms with Gasteiger partial charge in [0.1, 0.15) is 4.21 Å². The van der Waals surface area contributed by atoms with Gasteiger partial charge in [-0.05, 0) is 30.7 Å². The molecule has 18 heavy (non-hydrogen) atoms. The number of nitrogens with zero attached hydrogens (tertiary/aromatic N) is 1. The molecule has 3 nitrogen and oxygen atoms in total. The van der Waals surface area contributed by atoms with Crippen molar-refractivity contribution in [3.05, 3.63) is 17.0 Å². The maximum Gasteiger partial charge on any atom is 0.252 e. The fraction of sp³-hybridized carbons (Fsp3) is 0.636. The predicted molar refractivity (Wildman–Crippen MR) is 79.4 cm³/mol. The second-order valence-electron chi connectivity index (χ2n) is 4.03. The van der Waals surface area contributed by atoms with E-state index in [1.165, 1.54) is 11.3 Å². The summed E-state index contributed by atoms with van der Waals surface area (Å²) >= 11 is 8.84. The van der Waals surface area contributed by atoms with E-state index in [0.717, 1.165) is 29.2 Å². The van der Waals surface area contributed by atoms with Crippen molar-refractivity contribution in [3.8, 4) is 0 Å². The van der Waals surface area contributed by atoms with Crippen molar-refractivity contribution in [1.82, 2.24) is 4.31 Å². The fourth-order valence-electron chi connectivity index (χ4n) is 1.82. The Bertz CT molecular complexity index is 478. The summed E-state index contributed by atoms with van der Waals surface area (Å²) in [5.41, 5.74) is 0. The maximum atomic E-state index is 12.5. The summed E-state index contributed by atoms with van der Waals surface area (Å²) < 4.78 is 27.0. The summed E-state index contributed by atoms with van der Waals surface area (Å²) in [6.45, 7) is 1.26. The minimum Gasteiger partial charge on any atom is -0.206 e. The van der Waals surface area contributed by atoms with E-state index in [4.69, 9.17) is 11.6 Å². The Morgan fingerprint density at radius 2 is 2.11 bits per heavy atom. The lowest BCUT2D eigenvalue weighted by Crippen LogP contribution is -2.32. The Labute approximate surface area is 122 Å². The first-order valence-electron chi connectivity index (χ1n) is 5.87. The lowest BCUT2D eigenvalue weighted by Gasteiger charge is -2.18. The Morgan fingerprint density at radius 1 is 1.28 bits per heavy atom. The molecule has 0 aromatic carbocycles. The van der Waals surface area contributed by atoms with Crippen LogP contribution >= 0.6 is 34.7 Å². The monoisotopic (exact) mass is 325 g/mol. The molecule has 0 amide bonds. The van der Waals surface area contributed by atoms with Gasteiger partial charge in [0.15, 0.2) is 0 Å². The SMILES string of the molecule is O=S(=O)(c1ccc(CCCl)s1)N1CCCSCC1. The van der Waals surface area contributed by atoms with Crippen LogP contribution in [0, 0.1) is 0 Å². The highest BCUT2D eigenvalue weighted by Gasteiger charge is 2.26. The second kappa shape index (κ2) is 6.61. The molecule has 1 saturated heterocycles. The molecular formula is C11H16ClNO2S3. The zero-order valence-electron chi connectivity index (χ0n) is 9.97. The fourth-order valence-corrected chi connectivity index (χ4v) is 6.12. The molecule has 0 unspecified atom stereocenters. The number of sulfonamides is 1. The van der Waals surface area contributed by atoms with Crippen LogP contribution in [0.3, 0.4) is 0 Å². The first-order valence-corrected chi connectivity index (χ1v) is 9.82. The number of alkyl halides is 1. The van der Waals surface area contributed by atoms with E-state index in [0.29, 0.717) is 23.2 Å².